The zero-order valence-corrected chi connectivity index (χ0v) is 23.7. The first-order valence-electron chi connectivity index (χ1n) is 12.7. The molecule has 3 aromatic heterocycles. The van der Waals surface area contributed by atoms with Crippen LogP contribution in [-0.4, -0.2) is 45.5 Å². The van der Waals surface area contributed by atoms with Crippen LogP contribution in [0, 0.1) is 0 Å². The number of hydrogen-bond acceptors (Lipinski definition) is 6. The summed E-state index contributed by atoms with van der Waals surface area (Å²) in [5.41, 5.74) is 0.353. The van der Waals surface area contributed by atoms with E-state index in [4.69, 9.17) is 11.6 Å². The number of aromatic nitrogens is 3. The van der Waals surface area contributed by atoms with Gasteiger partial charge in [0.05, 0.1) is 16.1 Å². The lowest BCUT2D eigenvalue weighted by molar-refractivity contribution is -0.137. The number of benzene rings is 1. The number of alkyl halides is 3. The lowest BCUT2D eigenvalue weighted by Gasteiger charge is -2.37. The summed E-state index contributed by atoms with van der Waals surface area (Å²) in [6, 6.07) is 8.28. The molecule has 0 saturated carbocycles. The van der Waals surface area contributed by atoms with Crippen LogP contribution in [0.25, 0.3) is 10.9 Å². The van der Waals surface area contributed by atoms with Gasteiger partial charge in [0.1, 0.15) is 5.82 Å². The Labute approximate surface area is 235 Å². The summed E-state index contributed by atoms with van der Waals surface area (Å²) >= 11 is 7.77. The summed E-state index contributed by atoms with van der Waals surface area (Å²) in [5.74, 6) is 0.778. The second-order valence-corrected chi connectivity index (χ2v) is 14.1. The van der Waals surface area contributed by atoms with Gasteiger partial charge in [0, 0.05) is 69.9 Å². The first kappa shape index (κ1) is 26.6. The predicted molar refractivity (Wildman–Crippen MR) is 152 cm³/mol. The van der Waals surface area contributed by atoms with Crippen molar-refractivity contribution in [2.24, 2.45) is 0 Å². The van der Waals surface area contributed by atoms with E-state index >= 15 is 0 Å². The van der Waals surface area contributed by atoms with Crippen LogP contribution in [0.15, 0.2) is 62.0 Å². The minimum atomic E-state index is -4.56. The van der Waals surface area contributed by atoms with E-state index in [-0.39, 0.29) is 18.0 Å². The van der Waals surface area contributed by atoms with Crippen LogP contribution >= 0.6 is 33.8 Å². The van der Waals surface area contributed by atoms with E-state index < -0.39 is 28.3 Å². The SMILES string of the molecule is C[C@@H]1CN(c2nc(=O)n3c4c(cc(C(F)(F)F)cc24)[SH](c2cc(Cl)cs2)C[C@@H](c2ccncc2)C3)C[C@H](C)N1. The predicted octanol–water partition coefficient (Wildman–Crippen LogP) is 5.93. The van der Waals surface area contributed by atoms with Crippen molar-refractivity contribution in [1.29, 1.82) is 0 Å². The number of anilines is 1. The average Bonchev–Trinajstić information content (AvgIpc) is 3.23. The van der Waals surface area contributed by atoms with Gasteiger partial charge in [0.25, 0.3) is 0 Å². The van der Waals surface area contributed by atoms with Crippen LogP contribution in [-0.2, 0) is 12.7 Å². The number of pyridine rings is 1. The summed E-state index contributed by atoms with van der Waals surface area (Å²) in [7, 11) is -1.27. The fourth-order valence-corrected chi connectivity index (χ4v) is 10.3. The maximum atomic E-state index is 14.4. The van der Waals surface area contributed by atoms with Crippen molar-refractivity contribution in [3.63, 3.8) is 0 Å². The van der Waals surface area contributed by atoms with E-state index in [9.17, 15) is 18.0 Å². The molecule has 1 N–H and O–H groups in total. The number of hydrogen-bond donors (Lipinski definition) is 2. The molecule has 0 spiro atoms. The molecule has 6 rings (SSSR count). The van der Waals surface area contributed by atoms with Gasteiger partial charge < -0.3 is 10.2 Å². The Bertz CT molecular complexity index is 1580. The smallest absolute Gasteiger partial charge is 0.353 e. The molecule has 0 aliphatic carbocycles. The Hall–Kier alpha value is -2.60. The quantitative estimate of drug-likeness (QED) is 0.288. The number of thiophene rings is 1. The molecule has 1 aromatic carbocycles. The summed E-state index contributed by atoms with van der Waals surface area (Å²) in [6.45, 7) is 5.43. The molecule has 206 valence electrons. The van der Waals surface area contributed by atoms with Crippen LogP contribution < -0.4 is 15.9 Å². The van der Waals surface area contributed by atoms with Gasteiger partial charge in [-0.2, -0.15) is 29.1 Å². The molecule has 2 aliphatic heterocycles. The Morgan fingerprint density at radius 2 is 1.82 bits per heavy atom. The molecule has 1 saturated heterocycles. The van der Waals surface area contributed by atoms with Crippen LogP contribution in [0.3, 0.4) is 0 Å². The second kappa shape index (κ2) is 10.1. The van der Waals surface area contributed by atoms with Gasteiger partial charge in [-0.05, 0) is 55.5 Å². The molecular weight excluding hydrogens is 567 g/mol. The largest absolute Gasteiger partial charge is 0.416 e. The summed E-state index contributed by atoms with van der Waals surface area (Å²) in [5, 5.41) is 6.18. The number of rotatable bonds is 3. The Balaban J connectivity index is 1.66. The summed E-state index contributed by atoms with van der Waals surface area (Å²) in [6.07, 6.45) is -1.16. The Morgan fingerprint density at radius 3 is 2.46 bits per heavy atom. The maximum absolute atomic E-state index is 14.4. The topological polar surface area (TPSA) is 63.1 Å². The fraction of sp³-hybridized carbons (Fsp3) is 0.370. The van der Waals surface area contributed by atoms with Crippen molar-refractivity contribution >= 4 is 50.6 Å². The van der Waals surface area contributed by atoms with E-state index in [1.807, 2.05) is 42.3 Å². The van der Waals surface area contributed by atoms with Crippen LogP contribution in [0.4, 0.5) is 19.0 Å². The highest BCUT2D eigenvalue weighted by atomic mass is 35.5. The second-order valence-electron chi connectivity index (χ2n) is 10.3. The standard InChI is InChI=1S/C27H27ClF3N5OS2/c1-15-10-35(11-16(2)33-15)25-21-7-19(27(29,30)31)8-22-24(21)36(26(37)34-25)12-18(17-3-5-32-6-4-17)14-39(22)23-9-20(28)13-38-23/h3-9,13,15-16,18,33,39H,10-12,14H2,1-2H3/t15-,16+,18-/m0/s1. The molecular formula is C27H27ClF3N5OS2. The van der Waals surface area contributed by atoms with Gasteiger partial charge >= 0.3 is 11.9 Å². The van der Waals surface area contributed by atoms with E-state index in [2.05, 4.69) is 15.3 Å². The molecule has 0 radical (unpaired) electrons. The van der Waals surface area contributed by atoms with E-state index in [0.717, 1.165) is 9.77 Å². The number of halogens is 4. The third kappa shape index (κ3) is 5.05. The zero-order chi connectivity index (χ0) is 27.5. The number of nitrogens with zero attached hydrogens (tertiary/aromatic N) is 4. The lowest BCUT2D eigenvalue weighted by atomic mass is 10.0. The highest BCUT2D eigenvalue weighted by Gasteiger charge is 2.36. The zero-order valence-electron chi connectivity index (χ0n) is 21.2. The molecule has 4 aromatic rings. The molecule has 1 fully saturated rings. The maximum Gasteiger partial charge on any atom is 0.416 e. The van der Waals surface area contributed by atoms with Crippen molar-refractivity contribution in [1.82, 2.24) is 19.9 Å². The third-order valence-electron chi connectivity index (χ3n) is 7.31. The molecule has 6 nitrogen and oxygen atoms in total. The van der Waals surface area contributed by atoms with Gasteiger partial charge in [0.2, 0.25) is 0 Å². The van der Waals surface area contributed by atoms with E-state index in [0.29, 0.717) is 52.0 Å². The summed E-state index contributed by atoms with van der Waals surface area (Å²) < 4.78 is 45.6. The van der Waals surface area contributed by atoms with Gasteiger partial charge in [-0.3, -0.25) is 9.55 Å². The van der Waals surface area contributed by atoms with E-state index in [1.54, 1.807) is 17.0 Å². The van der Waals surface area contributed by atoms with E-state index in [1.165, 1.54) is 23.5 Å². The van der Waals surface area contributed by atoms with Gasteiger partial charge in [-0.1, -0.05) is 11.6 Å². The van der Waals surface area contributed by atoms with Crippen molar-refractivity contribution in [2.45, 2.75) is 53.7 Å². The van der Waals surface area contributed by atoms with Crippen LogP contribution in [0.2, 0.25) is 5.02 Å². The normalized spacial score (nSPS) is 24.6. The minimum Gasteiger partial charge on any atom is -0.353 e. The Morgan fingerprint density at radius 1 is 1.10 bits per heavy atom. The van der Waals surface area contributed by atoms with Crippen LogP contribution in [0.5, 0.6) is 0 Å². The molecule has 2 aliphatic rings. The number of piperazine rings is 1. The first-order valence-corrected chi connectivity index (χ1v) is 15.4. The van der Waals surface area contributed by atoms with Crippen LogP contribution in [0.1, 0.15) is 30.9 Å². The molecule has 39 heavy (non-hydrogen) atoms. The molecule has 12 heteroatoms. The summed E-state index contributed by atoms with van der Waals surface area (Å²) in [4.78, 5) is 24.8. The van der Waals surface area contributed by atoms with Gasteiger partial charge in [-0.25, -0.2) is 4.79 Å². The molecule has 0 amide bonds. The minimum absolute atomic E-state index is 0.0930. The lowest BCUT2D eigenvalue weighted by Crippen LogP contribution is -2.55. The molecule has 5 heterocycles. The molecule has 0 bridgehead atoms. The first-order chi connectivity index (χ1) is 18.6. The van der Waals surface area contributed by atoms with Crippen molar-refractivity contribution in [3.8, 4) is 0 Å². The monoisotopic (exact) mass is 593 g/mol. The fourth-order valence-electron chi connectivity index (χ4n) is 5.76. The van der Waals surface area contributed by atoms with Gasteiger partial charge in [-0.15, -0.1) is 11.3 Å². The van der Waals surface area contributed by atoms with Crippen molar-refractivity contribution in [3.05, 3.63) is 74.7 Å². The Kier molecular flexibility index (Phi) is 6.89. The van der Waals surface area contributed by atoms with Crippen molar-refractivity contribution in [2.75, 3.05) is 23.7 Å². The number of nitrogens with one attached hydrogen (secondary N) is 1. The molecule has 1 unspecified atom stereocenters. The highest BCUT2D eigenvalue weighted by Crippen LogP contribution is 2.55. The highest BCUT2D eigenvalue weighted by molar-refractivity contribution is 8.18. The molecule has 4 atom stereocenters. The average molecular weight is 594 g/mol. The number of thiol groups is 1. The third-order valence-corrected chi connectivity index (χ3v) is 11.8. The van der Waals surface area contributed by atoms with Crippen molar-refractivity contribution < 1.29 is 13.2 Å². The van der Waals surface area contributed by atoms with Gasteiger partial charge in [0.15, 0.2) is 0 Å².